The van der Waals surface area contributed by atoms with Gasteiger partial charge in [-0.2, -0.15) is 30.0 Å². The lowest BCUT2D eigenvalue weighted by Gasteiger charge is -2.31. The number of rotatable bonds is 9. The lowest BCUT2D eigenvalue weighted by Crippen LogP contribution is -2.42. The van der Waals surface area contributed by atoms with Crippen molar-refractivity contribution >= 4 is 17.7 Å². The lowest BCUT2D eigenvalue weighted by atomic mass is 9.90. The van der Waals surface area contributed by atoms with Gasteiger partial charge in [0.2, 0.25) is 0 Å². The number of hydrogen-bond acceptors (Lipinski definition) is 5. The van der Waals surface area contributed by atoms with Crippen LogP contribution < -0.4 is 5.73 Å². The molecule has 0 radical (unpaired) electrons. The highest BCUT2D eigenvalue weighted by Crippen LogP contribution is 2.42. The number of nitrogens with zero attached hydrogens (tertiary/aromatic N) is 2. The summed E-state index contributed by atoms with van der Waals surface area (Å²) in [7, 11) is 0. The highest BCUT2D eigenvalue weighted by molar-refractivity contribution is 7.99. The number of halogens is 3. The zero-order valence-corrected chi connectivity index (χ0v) is 15.1. The number of alkyl halides is 3. The van der Waals surface area contributed by atoms with Gasteiger partial charge in [0, 0.05) is 12.4 Å². The van der Waals surface area contributed by atoms with Crippen LogP contribution in [0.25, 0.3) is 5.69 Å². The van der Waals surface area contributed by atoms with Crippen molar-refractivity contribution in [1.29, 1.82) is 0 Å². The van der Waals surface area contributed by atoms with E-state index in [1.165, 1.54) is 28.9 Å². The van der Waals surface area contributed by atoms with E-state index in [-0.39, 0.29) is 17.7 Å². The maximum Gasteiger partial charge on any atom is 0.421 e. The molecular weight excluding hydrogens is 383 g/mol. The quantitative estimate of drug-likeness (QED) is 0.556. The summed E-state index contributed by atoms with van der Waals surface area (Å²) in [6.07, 6.45) is -2.05. The minimum atomic E-state index is -4.85. The maximum atomic E-state index is 13.5. The number of hydrogen-bond donors (Lipinski definition) is 3. The molecular formula is C17H20F3N3O3S. The minimum absolute atomic E-state index is 0.00323. The molecule has 0 bridgehead atoms. The van der Waals surface area contributed by atoms with Gasteiger partial charge in [-0.05, 0) is 48.1 Å². The second kappa shape index (κ2) is 8.77. The Hall–Kier alpha value is -2.04. The van der Waals surface area contributed by atoms with Crippen molar-refractivity contribution in [2.75, 3.05) is 11.5 Å². The van der Waals surface area contributed by atoms with Crippen molar-refractivity contribution in [2.24, 2.45) is 5.73 Å². The van der Waals surface area contributed by atoms with Crippen LogP contribution in [0.4, 0.5) is 13.2 Å². The van der Waals surface area contributed by atoms with E-state index in [0.717, 1.165) is 11.8 Å². The van der Waals surface area contributed by atoms with Crippen molar-refractivity contribution in [3.63, 3.8) is 0 Å². The molecule has 148 valence electrons. The number of aromatic nitrogens is 2. The molecule has 2 atom stereocenters. The Morgan fingerprint density at radius 1 is 1.26 bits per heavy atom. The van der Waals surface area contributed by atoms with Gasteiger partial charge in [0.1, 0.15) is 6.04 Å². The molecule has 0 saturated heterocycles. The zero-order valence-electron chi connectivity index (χ0n) is 14.3. The first-order valence-electron chi connectivity index (χ1n) is 8.11. The highest BCUT2D eigenvalue weighted by Gasteiger charge is 2.54. The molecule has 2 unspecified atom stereocenters. The van der Waals surface area contributed by atoms with Crippen LogP contribution in [0.3, 0.4) is 0 Å². The van der Waals surface area contributed by atoms with Crippen molar-refractivity contribution in [1.82, 2.24) is 9.78 Å². The average molecular weight is 403 g/mol. The summed E-state index contributed by atoms with van der Waals surface area (Å²) in [5.41, 5.74) is 2.68. The Kier molecular flexibility index (Phi) is 6.90. The lowest BCUT2D eigenvalue weighted by molar-refractivity contribution is -0.267. The molecule has 1 aromatic carbocycles. The summed E-state index contributed by atoms with van der Waals surface area (Å²) in [4.78, 5) is 10.6. The molecule has 2 aromatic rings. The smallest absolute Gasteiger partial charge is 0.421 e. The number of thioether (sulfide) groups is 1. The van der Waals surface area contributed by atoms with Crippen LogP contribution in [0.1, 0.15) is 18.4 Å². The van der Waals surface area contributed by atoms with Crippen molar-refractivity contribution < 1.29 is 28.2 Å². The van der Waals surface area contributed by atoms with Crippen LogP contribution in [-0.4, -0.2) is 49.7 Å². The molecule has 4 N–H and O–H groups in total. The van der Waals surface area contributed by atoms with Gasteiger partial charge in [-0.3, -0.25) is 4.79 Å². The predicted octanol–water partition coefficient (Wildman–Crippen LogP) is 2.55. The first kappa shape index (κ1) is 21.3. The Morgan fingerprint density at radius 3 is 2.44 bits per heavy atom. The molecule has 0 fully saturated rings. The van der Waals surface area contributed by atoms with E-state index in [1.54, 1.807) is 18.5 Å². The first-order chi connectivity index (χ1) is 12.6. The van der Waals surface area contributed by atoms with Gasteiger partial charge in [-0.15, -0.1) is 0 Å². The molecule has 27 heavy (non-hydrogen) atoms. The van der Waals surface area contributed by atoms with E-state index in [9.17, 15) is 23.1 Å². The SMILES string of the molecule is NC(CCSCCC(O)(c1ccc(-n2cccn2)cc1)C(F)(F)F)C(=O)O. The second-order valence-electron chi connectivity index (χ2n) is 5.95. The van der Waals surface area contributed by atoms with Gasteiger partial charge in [-0.25, -0.2) is 4.68 Å². The monoisotopic (exact) mass is 403 g/mol. The summed E-state index contributed by atoms with van der Waals surface area (Å²) in [6.45, 7) is 0. The molecule has 0 aliphatic heterocycles. The molecule has 6 nitrogen and oxygen atoms in total. The number of carbonyl (C=O) groups is 1. The fourth-order valence-corrected chi connectivity index (χ4v) is 3.48. The van der Waals surface area contributed by atoms with Gasteiger partial charge in [0.25, 0.3) is 0 Å². The van der Waals surface area contributed by atoms with E-state index in [2.05, 4.69) is 5.10 Å². The zero-order chi connectivity index (χ0) is 20.1. The number of carboxylic acid groups (broad SMARTS) is 1. The summed E-state index contributed by atoms with van der Waals surface area (Å²) < 4.78 is 42.1. The van der Waals surface area contributed by atoms with Gasteiger partial charge >= 0.3 is 12.1 Å². The predicted molar refractivity (Wildman–Crippen MR) is 95.7 cm³/mol. The summed E-state index contributed by atoms with van der Waals surface area (Å²) in [6, 6.07) is 6.02. The molecule has 0 spiro atoms. The Labute approximate surface area is 158 Å². The normalized spacial score (nSPS) is 15.3. The number of carboxylic acids is 1. The van der Waals surface area contributed by atoms with E-state index in [4.69, 9.17) is 10.8 Å². The molecule has 10 heteroatoms. The second-order valence-corrected chi connectivity index (χ2v) is 7.18. The van der Waals surface area contributed by atoms with E-state index >= 15 is 0 Å². The molecule has 0 aliphatic carbocycles. The molecule has 0 aliphatic rings. The molecule has 1 heterocycles. The van der Waals surface area contributed by atoms with E-state index in [1.807, 2.05) is 0 Å². The van der Waals surface area contributed by atoms with Crippen molar-refractivity contribution in [2.45, 2.75) is 30.7 Å². The van der Waals surface area contributed by atoms with Crippen LogP contribution in [0, 0.1) is 0 Å². The first-order valence-corrected chi connectivity index (χ1v) is 9.26. The topological polar surface area (TPSA) is 101 Å². The number of aliphatic carboxylic acids is 1. The number of nitrogens with two attached hydrogens (primary N) is 1. The number of benzene rings is 1. The van der Waals surface area contributed by atoms with E-state index in [0.29, 0.717) is 11.4 Å². The van der Waals surface area contributed by atoms with Crippen LogP contribution in [-0.2, 0) is 10.4 Å². The summed E-state index contributed by atoms with van der Waals surface area (Å²) in [5.74, 6) is -0.859. The van der Waals surface area contributed by atoms with Gasteiger partial charge in [-0.1, -0.05) is 12.1 Å². The van der Waals surface area contributed by atoms with Crippen LogP contribution in [0.15, 0.2) is 42.7 Å². The van der Waals surface area contributed by atoms with Crippen LogP contribution in [0.5, 0.6) is 0 Å². The van der Waals surface area contributed by atoms with E-state index < -0.39 is 30.2 Å². The fourth-order valence-electron chi connectivity index (χ4n) is 2.42. The summed E-state index contributed by atoms with van der Waals surface area (Å²) >= 11 is 1.12. The van der Waals surface area contributed by atoms with Gasteiger partial charge in [0.15, 0.2) is 5.60 Å². The van der Waals surface area contributed by atoms with Gasteiger partial charge in [0.05, 0.1) is 5.69 Å². The fraction of sp³-hybridized carbons (Fsp3) is 0.412. The molecule has 2 rings (SSSR count). The third kappa shape index (κ3) is 5.24. The average Bonchev–Trinajstić information content (AvgIpc) is 3.14. The highest BCUT2D eigenvalue weighted by atomic mass is 32.2. The van der Waals surface area contributed by atoms with Crippen molar-refractivity contribution in [3.8, 4) is 5.69 Å². The van der Waals surface area contributed by atoms with Crippen molar-refractivity contribution in [3.05, 3.63) is 48.3 Å². The summed E-state index contributed by atoms with van der Waals surface area (Å²) in [5, 5.41) is 23.0. The van der Waals surface area contributed by atoms with Crippen LogP contribution >= 0.6 is 11.8 Å². The molecule has 0 amide bonds. The van der Waals surface area contributed by atoms with Crippen LogP contribution in [0.2, 0.25) is 0 Å². The largest absolute Gasteiger partial charge is 0.480 e. The van der Waals surface area contributed by atoms with Gasteiger partial charge < -0.3 is 15.9 Å². The Balaban J connectivity index is 2.04. The molecule has 1 aromatic heterocycles. The Bertz CT molecular complexity index is 738. The third-order valence-corrected chi connectivity index (χ3v) is 5.10. The standard InChI is InChI=1S/C17H20F3N3O3S/c18-17(19,20)16(26,7-11-27-10-6-14(21)15(24)25)12-2-4-13(5-3-12)23-9-1-8-22-23/h1-5,8-9,14,26H,6-7,10-11,21H2,(H,24,25). The third-order valence-electron chi connectivity index (χ3n) is 4.08. The Morgan fingerprint density at radius 2 is 1.93 bits per heavy atom. The molecule has 0 saturated carbocycles. The minimum Gasteiger partial charge on any atom is -0.480 e. The number of aliphatic hydroxyl groups is 1. The maximum absolute atomic E-state index is 13.5.